The minimum absolute atomic E-state index is 0.210. The number of aliphatic carboxylic acids is 1. The van der Waals surface area contributed by atoms with E-state index in [1.165, 1.54) is 0 Å². The van der Waals surface area contributed by atoms with Crippen molar-refractivity contribution in [3.63, 3.8) is 0 Å². The first-order chi connectivity index (χ1) is 15.3. The summed E-state index contributed by atoms with van der Waals surface area (Å²) < 4.78 is 0. The molecule has 4 amide bonds. The molecule has 0 aromatic carbocycles. The summed E-state index contributed by atoms with van der Waals surface area (Å²) >= 11 is 0. The number of carboxylic acid groups (broad SMARTS) is 1. The van der Waals surface area contributed by atoms with Gasteiger partial charge in [0.1, 0.15) is 18.1 Å². The Morgan fingerprint density at radius 1 is 0.879 bits per heavy atom. The molecule has 5 unspecified atom stereocenters. The molecule has 10 N–H and O–H groups in total. The van der Waals surface area contributed by atoms with Crippen LogP contribution in [-0.2, 0) is 24.0 Å². The number of carbonyl (C=O) groups excluding carboxylic acids is 4. The number of hydrogen-bond acceptors (Lipinski definition) is 7. The maximum absolute atomic E-state index is 13.0. The van der Waals surface area contributed by atoms with Crippen LogP contribution in [-0.4, -0.2) is 65.4 Å². The normalized spacial score (nSPS) is 15.6. The molecule has 12 nitrogen and oxygen atoms in total. The van der Waals surface area contributed by atoms with Gasteiger partial charge in [-0.3, -0.25) is 19.2 Å². The molecule has 0 aliphatic heterocycles. The van der Waals surface area contributed by atoms with E-state index in [0.29, 0.717) is 25.8 Å². The Morgan fingerprint density at radius 2 is 1.42 bits per heavy atom. The molecular formula is C21H40N6O6. The molecule has 0 aromatic heterocycles. The van der Waals surface area contributed by atoms with E-state index in [4.69, 9.17) is 17.2 Å². The standard InChI is InChI=1S/C21H40N6O6/c1-5-12(4)17(20(31)25-14(21(32)33)8-6-7-9-22)27-19(30)16(11(2)3)26-18(29)13(23)10-15(24)28/h11-14,16-17H,5-10,22-23H2,1-4H3,(H2,24,28)(H,25,31)(H,26,29)(H,27,30)(H,32,33). The van der Waals surface area contributed by atoms with Gasteiger partial charge < -0.3 is 38.3 Å². The van der Waals surface area contributed by atoms with E-state index in [-0.39, 0.29) is 24.7 Å². The van der Waals surface area contributed by atoms with Gasteiger partial charge in [-0.1, -0.05) is 34.1 Å². The number of nitrogens with two attached hydrogens (primary N) is 3. The van der Waals surface area contributed by atoms with Crippen LogP contribution in [0.5, 0.6) is 0 Å². The van der Waals surface area contributed by atoms with Crippen LogP contribution in [0.3, 0.4) is 0 Å². The predicted molar refractivity (Wildman–Crippen MR) is 122 cm³/mol. The van der Waals surface area contributed by atoms with Gasteiger partial charge in [0.2, 0.25) is 23.6 Å². The van der Waals surface area contributed by atoms with Crippen LogP contribution in [0.4, 0.5) is 0 Å². The maximum atomic E-state index is 13.0. The summed E-state index contributed by atoms with van der Waals surface area (Å²) in [5.41, 5.74) is 16.1. The Balaban J connectivity index is 5.44. The molecule has 0 aliphatic carbocycles. The summed E-state index contributed by atoms with van der Waals surface area (Å²) in [6.07, 6.45) is 1.52. The van der Waals surface area contributed by atoms with Crippen molar-refractivity contribution in [2.24, 2.45) is 29.0 Å². The van der Waals surface area contributed by atoms with Gasteiger partial charge in [0.15, 0.2) is 0 Å². The van der Waals surface area contributed by atoms with Gasteiger partial charge in [0.25, 0.3) is 0 Å². The Hall–Kier alpha value is -2.73. The van der Waals surface area contributed by atoms with Crippen LogP contribution in [0.15, 0.2) is 0 Å². The molecule has 0 aromatic rings. The van der Waals surface area contributed by atoms with Crippen molar-refractivity contribution >= 4 is 29.6 Å². The third-order valence-electron chi connectivity index (χ3n) is 5.36. The highest BCUT2D eigenvalue weighted by molar-refractivity contribution is 5.95. The summed E-state index contributed by atoms with van der Waals surface area (Å²) in [5.74, 6) is -4.58. The number of amides is 4. The van der Waals surface area contributed by atoms with E-state index in [2.05, 4.69) is 16.0 Å². The number of nitrogens with one attached hydrogen (secondary N) is 3. The maximum Gasteiger partial charge on any atom is 0.326 e. The zero-order valence-electron chi connectivity index (χ0n) is 19.9. The first-order valence-electron chi connectivity index (χ1n) is 11.2. The average Bonchev–Trinajstić information content (AvgIpc) is 2.73. The number of rotatable bonds is 16. The number of unbranched alkanes of at least 4 members (excludes halogenated alkanes) is 1. The molecule has 0 radical (unpaired) electrons. The van der Waals surface area contributed by atoms with Crippen LogP contribution in [0.2, 0.25) is 0 Å². The quantitative estimate of drug-likeness (QED) is 0.131. The molecule has 12 heteroatoms. The van der Waals surface area contributed by atoms with E-state index < -0.39 is 53.8 Å². The molecule has 0 fully saturated rings. The van der Waals surface area contributed by atoms with Crippen LogP contribution in [0, 0.1) is 11.8 Å². The third-order valence-corrected chi connectivity index (χ3v) is 5.36. The van der Waals surface area contributed by atoms with Crippen molar-refractivity contribution in [2.45, 2.75) is 84.0 Å². The van der Waals surface area contributed by atoms with Crippen LogP contribution in [0.25, 0.3) is 0 Å². The van der Waals surface area contributed by atoms with Crippen molar-refractivity contribution in [1.82, 2.24) is 16.0 Å². The summed E-state index contributed by atoms with van der Waals surface area (Å²) in [4.78, 5) is 60.7. The summed E-state index contributed by atoms with van der Waals surface area (Å²) in [5, 5.41) is 17.1. The van der Waals surface area contributed by atoms with Gasteiger partial charge in [-0.05, 0) is 37.6 Å². The van der Waals surface area contributed by atoms with E-state index in [1.807, 2.05) is 6.92 Å². The first-order valence-corrected chi connectivity index (χ1v) is 11.2. The fourth-order valence-corrected chi connectivity index (χ4v) is 3.06. The fourth-order valence-electron chi connectivity index (χ4n) is 3.06. The van der Waals surface area contributed by atoms with E-state index in [9.17, 15) is 29.1 Å². The zero-order chi connectivity index (χ0) is 25.7. The second-order valence-electron chi connectivity index (χ2n) is 8.56. The molecule has 0 saturated carbocycles. The van der Waals surface area contributed by atoms with Crippen LogP contribution < -0.4 is 33.2 Å². The van der Waals surface area contributed by atoms with E-state index in [0.717, 1.165) is 0 Å². The van der Waals surface area contributed by atoms with Gasteiger partial charge in [0.05, 0.1) is 12.5 Å². The highest BCUT2D eigenvalue weighted by Crippen LogP contribution is 2.12. The molecule has 5 atom stereocenters. The molecule has 0 aliphatic rings. The Labute approximate surface area is 194 Å². The van der Waals surface area contributed by atoms with Gasteiger partial charge in [-0.25, -0.2) is 4.79 Å². The van der Waals surface area contributed by atoms with Crippen molar-refractivity contribution in [2.75, 3.05) is 6.54 Å². The number of primary amides is 1. The van der Waals surface area contributed by atoms with E-state index in [1.54, 1.807) is 20.8 Å². The topological polar surface area (TPSA) is 220 Å². The minimum Gasteiger partial charge on any atom is -0.480 e. The second kappa shape index (κ2) is 15.2. The third kappa shape index (κ3) is 11.1. The molecule has 33 heavy (non-hydrogen) atoms. The SMILES string of the molecule is CCC(C)C(NC(=O)C(NC(=O)C(N)CC(N)=O)C(C)C)C(=O)NC(CCCCN)C(=O)O. The van der Waals surface area contributed by atoms with Crippen molar-refractivity contribution in [3.05, 3.63) is 0 Å². The number of carboxylic acids is 1. The lowest BCUT2D eigenvalue weighted by atomic mass is 9.95. The van der Waals surface area contributed by atoms with Crippen molar-refractivity contribution < 1.29 is 29.1 Å². The Kier molecular flexibility index (Phi) is 13.9. The lowest BCUT2D eigenvalue weighted by molar-refractivity contribution is -0.143. The molecule has 0 spiro atoms. The monoisotopic (exact) mass is 472 g/mol. The highest BCUT2D eigenvalue weighted by Gasteiger charge is 2.33. The molecular weight excluding hydrogens is 432 g/mol. The molecule has 0 heterocycles. The molecule has 0 saturated heterocycles. The largest absolute Gasteiger partial charge is 0.480 e. The number of carbonyl (C=O) groups is 5. The van der Waals surface area contributed by atoms with Gasteiger partial charge in [0, 0.05) is 0 Å². The smallest absolute Gasteiger partial charge is 0.326 e. The molecule has 0 rings (SSSR count). The lowest BCUT2D eigenvalue weighted by Crippen LogP contribution is -2.59. The van der Waals surface area contributed by atoms with Gasteiger partial charge in [-0.2, -0.15) is 0 Å². The van der Waals surface area contributed by atoms with Crippen LogP contribution in [0.1, 0.15) is 59.8 Å². The minimum atomic E-state index is -1.21. The zero-order valence-corrected chi connectivity index (χ0v) is 19.9. The summed E-state index contributed by atoms with van der Waals surface area (Å²) in [6, 6.07) is -4.37. The van der Waals surface area contributed by atoms with Gasteiger partial charge >= 0.3 is 5.97 Å². The first kappa shape index (κ1) is 30.3. The molecule has 190 valence electrons. The lowest BCUT2D eigenvalue weighted by Gasteiger charge is -2.29. The van der Waals surface area contributed by atoms with Crippen molar-refractivity contribution in [3.8, 4) is 0 Å². The summed E-state index contributed by atoms with van der Waals surface area (Å²) in [6.45, 7) is 7.38. The summed E-state index contributed by atoms with van der Waals surface area (Å²) in [7, 11) is 0. The van der Waals surface area contributed by atoms with Crippen molar-refractivity contribution in [1.29, 1.82) is 0 Å². The predicted octanol–water partition coefficient (Wildman–Crippen LogP) is -1.44. The Bertz CT molecular complexity index is 686. The van der Waals surface area contributed by atoms with Crippen LogP contribution >= 0.6 is 0 Å². The van der Waals surface area contributed by atoms with Gasteiger partial charge in [-0.15, -0.1) is 0 Å². The molecule has 0 bridgehead atoms. The van der Waals surface area contributed by atoms with E-state index >= 15 is 0 Å². The highest BCUT2D eigenvalue weighted by atomic mass is 16.4. The average molecular weight is 473 g/mol. The second-order valence-corrected chi connectivity index (χ2v) is 8.56. The fraction of sp³-hybridized carbons (Fsp3) is 0.762. The number of hydrogen-bond donors (Lipinski definition) is 7. The Morgan fingerprint density at radius 3 is 1.88 bits per heavy atom.